The predicted octanol–water partition coefficient (Wildman–Crippen LogP) is 0.725. The van der Waals surface area contributed by atoms with E-state index in [-0.39, 0.29) is 23.3 Å². The number of nitrogens with zero attached hydrogens (tertiary/aromatic N) is 1. The van der Waals surface area contributed by atoms with E-state index in [1.807, 2.05) is 0 Å². The number of aryl methyl sites for hydroxylation is 2. The summed E-state index contributed by atoms with van der Waals surface area (Å²) in [5.74, 6) is -0.342. The zero-order valence-corrected chi connectivity index (χ0v) is 12.9. The van der Waals surface area contributed by atoms with Crippen LogP contribution in [0.1, 0.15) is 28.4 Å². The first-order chi connectivity index (χ1) is 9.53. The van der Waals surface area contributed by atoms with Crippen molar-refractivity contribution in [2.45, 2.75) is 32.1 Å². The van der Waals surface area contributed by atoms with Gasteiger partial charge in [0, 0.05) is 17.8 Å². The quantitative estimate of drug-likeness (QED) is 0.889. The number of sulfone groups is 1. The second-order valence-corrected chi connectivity index (χ2v) is 8.87. The first kappa shape index (κ1) is 14.0. The molecule has 7 heteroatoms. The van der Waals surface area contributed by atoms with Crippen LogP contribution in [0.15, 0.2) is 0 Å². The topological polar surface area (TPSA) is 76.1 Å². The van der Waals surface area contributed by atoms with Gasteiger partial charge in [-0.1, -0.05) is 0 Å². The van der Waals surface area contributed by atoms with Gasteiger partial charge in [-0.15, -0.1) is 11.3 Å². The third-order valence-corrected chi connectivity index (χ3v) is 6.87. The molecule has 5 nitrogen and oxygen atoms in total. The van der Waals surface area contributed by atoms with Gasteiger partial charge in [-0.3, -0.25) is 4.79 Å². The predicted molar refractivity (Wildman–Crippen MR) is 77.6 cm³/mol. The lowest BCUT2D eigenvalue weighted by Gasteiger charge is -2.08. The zero-order valence-electron chi connectivity index (χ0n) is 11.2. The first-order valence-electron chi connectivity index (χ1n) is 6.99. The van der Waals surface area contributed by atoms with E-state index in [9.17, 15) is 13.2 Å². The number of aromatic nitrogens is 1. The van der Waals surface area contributed by atoms with E-state index in [0.29, 0.717) is 13.0 Å². The number of carbonyl (C=O) groups excluding carboxylic acids is 1. The van der Waals surface area contributed by atoms with E-state index < -0.39 is 9.84 Å². The number of amides is 1. The molecule has 0 unspecified atom stereocenters. The minimum atomic E-state index is -2.99. The van der Waals surface area contributed by atoms with Crippen molar-refractivity contribution in [3.8, 4) is 0 Å². The van der Waals surface area contributed by atoms with Crippen LogP contribution in [-0.2, 0) is 33.9 Å². The maximum absolute atomic E-state index is 11.9. The van der Waals surface area contributed by atoms with Gasteiger partial charge in [-0.2, -0.15) is 0 Å². The smallest absolute Gasteiger partial charge is 0.224 e. The maximum atomic E-state index is 11.9. The Kier molecular flexibility index (Phi) is 3.81. The molecule has 1 aromatic rings. The fraction of sp³-hybridized carbons (Fsp3) is 0.692. The highest BCUT2D eigenvalue weighted by atomic mass is 32.2. The molecule has 1 aromatic heterocycles. The standard InChI is InChI=1S/C13H18N2O3S2/c16-13(9-5-7-20(17,18)8-9)14-6-4-12-15-10-2-1-3-11(10)19-12/h9H,1-8H2,(H,14,16)/t9-/m1/s1. The highest BCUT2D eigenvalue weighted by molar-refractivity contribution is 7.91. The average molecular weight is 314 g/mol. The molecule has 110 valence electrons. The van der Waals surface area contributed by atoms with Crippen molar-refractivity contribution in [1.29, 1.82) is 0 Å². The molecule has 1 atom stereocenters. The van der Waals surface area contributed by atoms with Crippen LogP contribution in [0, 0.1) is 5.92 Å². The van der Waals surface area contributed by atoms with Crippen LogP contribution in [-0.4, -0.2) is 37.4 Å². The summed E-state index contributed by atoms with van der Waals surface area (Å²) < 4.78 is 22.7. The van der Waals surface area contributed by atoms with Gasteiger partial charge in [-0.05, 0) is 25.7 Å². The van der Waals surface area contributed by atoms with Crippen LogP contribution in [0.5, 0.6) is 0 Å². The van der Waals surface area contributed by atoms with Crippen molar-refractivity contribution < 1.29 is 13.2 Å². The molecule has 20 heavy (non-hydrogen) atoms. The molecule has 0 spiro atoms. The number of fused-ring (bicyclic) bond motifs is 1. The van der Waals surface area contributed by atoms with Gasteiger partial charge in [0.25, 0.3) is 0 Å². The lowest BCUT2D eigenvalue weighted by molar-refractivity contribution is -0.124. The summed E-state index contributed by atoms with van der Waals surface area (Å²) in [5.41, 5.74) is 1.23. The second kappa shape index (κ2) is 5.44. The van der Waals surface area contributed by atoms with Gasteiger partial charge in [0.1, 0.15) is 0 Å². The van der Waals surface area contributed by atoms with E-state index in [4.69, 9.17) is 0 Å². The number of hydrogen-bond acceptors (Lipinski definition) is 5. The Morgan fingerprint density at radius 1 is 1.40 bits per heavy atom. The Morgan fingerprint density at radius 3 is 2.95 bits per heavy atom. The molecule has 1 N–H and O–H groups in total. The van der Waals surface area contributed by atoms with Crippen molar-refractivity contribution in [2.24, 2.45) is 5.92 Å². The zero-order chi connectivity index (χ0) is 14.2. The lowest BCUT2D eigenvalue weighted by Crippen LogP contribution is -2.32. The molecule has 1 amide bonds. The molecule has 1 fully saturated rings. The van der Waals surface area contributed by atoms with Crippen LogP contribution >= 0.6 is 11.3 Å². The summed E-state index contributed by atoms with van der Waals surface area (Å²) in [4.78, 5) is 17.8. The van der Waals surface area contributed by atoms with E-state index in [0.717, 1.165) is 24.3 Å². The average Bonchev–Trinajstić information content (AvgIpc) is 3.02. The fourth-order valence-corrected chi connectivity index (χ4v) is 5.69. The van der Waals surface area contributed by atoms with Crippen LogP contribution in [0.25, 0.3) is 0 Å². The van der Waals surface area contributed by atoms with Crippen LogP contribution < -0.4 is 5.32 Å². The Morgan fingerprint density at radius 2 is 2.25 bits per heavy atom. The van der Waals surface area contributed by atoms with Crippen LogP contribution in [0.2, 0.25) is 0 Å². The van der Waals surface area contributed by atoms with Crippen molar-refractivity contribution in [2.75, 3.05) is 18.1 Å². The van der Waals surface area contributed by atoms with E-state index in [1.54, 1.807) is 11.3 Å². The van der Waals surface area contributed by atoms with Crippen molar-refractivity contribution >= 4 is 27.1 Å². The summed E-state index contributed by atoms with van der Waals surface area (Å²) in [6, 6.07) is 0. The summed E-state index contributed by atoms with van der Waals surface area (Å²) in [6.45, 7) is 0.543. The van der Waals surface area contributed by atoms with Gasteiger partial charge in [-0.25, -0.2) is 13.4 Å². The number of thiazole rings is 1. The number of hydrogen-bond donors (Lipinski definition) is 1. The highest BCUT2D eigenvalue weighted by Crippen LogP contribution is 2.27. The van der Waals surface area contributed by atoms with Gasteiger partial charge in [0.05, 0.1) is 28.1 Å². The van der Waals surface area contributed by atoms with Crippen molar-refractivity contribution in [3.63, 3.8) is 0 Å². The summed E-state index contributed by atoms with van der Waals surface area (Å²) >= 11 is 1.75. The SMILES string of the molecule is O=C(NCCc1nc2c(s1)CCC2)[C@@H]1CCS(=O)(=O)C1. The van der Waals surface area contributed by atoms with Crippen molar-refractivity contribution in [1.82, 2.24) is 10.3 Å². The normalized spacial score (nSPS) is 23.7. The number of carbonyl (C=O) groups is 1. The largest absolute Gasteiger partial charge is 0.355 e. The van der Waals surface area contributed by atoms with Gasteiger partial charge in [0.2, 0.25) is 5.91 Å². The summed E-state index contributed by atoms with van der Waals surface area (Å²) in [5, 5.41) is 3.92. The highest BCUT2D eigenvalue weighted by Gasteiger charge is 2.32. The number of rotatable bonds is 4. The fourth-order valence-electron chi connectivity index (χ4n) is 2.79. The number of nitrogens with one attached hydrogen (secondary N) is 1. The molecule has 3 rings (SSSR count). The molecule has 0 radical (unpaired) electrons. The molecule has 1 aliphatic heterocycles. The Balaban J connectivity index is 1.46. The molecular formula is C13H18N2O3S2. The minimum absolute atomic E-state index is 0.00435. The Bertz CT molecular complexity index is 600. The van der Waals surface area contributed by atoms with Gasteiger partial charge >= 0.3 is 0 Å². The second-order valence-electron chi connectivity index (χ2n) is 5.47. The van der Waals surface area contributed by atoms with E-state index >= 15 is 0 Å². The molecular weight excluding hydrogens is 296 g/mol. The van der Waals surface area contributed by atoms with Crippen LogP contribution in [0.4, 0.5) is 0 Å². The third-order valence-electron chi connectivity index (χ3n) is 3.88. The van der Waals surface area contributed by atoms with E-state index in [2.05, 4.69) is 10.3 Å². The van der Waals surface area contributed by atoms with Crippen molar-refractivity contribution in [3.05, 3.63) is 15.6 Å². The Labute approximate surface area is 122 Å². The first-order valence-corrected chi connectivity index (χ1v) is 9.63. The van der Waals surface area contributed by atoms with Gasteiger partial charge < -0.3 is 5.32 Å². The summed E-state index contributed by atoms with van der Waals surface area (Å²) in [6.07, 6.45) is 4.63. The molecule has 2 heterocycles. The molecule has 2 aliphatic rings. The van der Waals surface area contributed by atoms with Crippen LogP contribution in [0.3, 0.4) is 0 Å². The third kappa shape index (κ3) is 3.03. The Hall–Kier alpha value is -0.950. The lowest BCUT2D eigenvalue weighted by atomic mass is 10.1. The molecule has 0 aromatic carbocycles. The monoisotopic (exact) mass is 314 g/mol. The van der Waals surface area contributed by atoms with E-state index in [1.165, 1.54) is 17.0 Å². The molecule has 0 bridgehead atoms. The molecule has 0 saturated carbocycles. The molecule has 1 saturated heterocycles. The summed E-state index contributed by atoms with van der Waals surface area (Å²) in [7, 11) is -2.99. The maximum Gasteiger partial charge on any atom is 0.224 e. The molecule has 1 aliphatic carbocycles. The van der Waals surface area contributed by atoms with Gasteiger partial charge in [0.15, 0.2) is 9.84 Å². The minimum Gasteiger partial charge on any atom is -0.355 e.